The largest absolute Gasteiger partial charge is 0.486 e. The summed E-state index contributed by atoms with van der Waals surface area (Å²) in [6, 6.07) is 5.32. The van der Waals surface area contributed by atoms with E-state index in [0.29, 0.717) is 41.4 Å². The molecule has 0 radical (unpaired) electrons. The highest BCUT2D eigenvalue weighted by atomic mass is 32.2. The monoisotopic (exact) mass is 397 g/mol. The topological polar surface area (TPSA) is 74.2 Å². The first-order valence-corrected chi connectivity index (χ1v) is 10.7. The molecule has 1 aliphatic heterocycles. The fourth-order valence-corrected chi connectivity index (χ4v) is 5.54. The third-order valence-electron chi connectivity index (χ3n) is 6.97. The van der Waals surface area contributed by atoms with Crippen LogP contribution in [0, 0.1) is 5.41 Å². The SMILES string of the molecule is CC12CCC(c3nnc(SCC(=O)c4ccc5c(c4)OCCO5)nc31)C2(C)C. The van der Waals surface area contributed by atoms with Crippen LogP contribution in [0.15, 0.2) is 23.4 Å². The van der Waals surface area contributed by atoms with Crippen LogP contribution in [0.2, 0.25) is 0 Å². The van der Waals surface area contributed by atoms with E-state index in [1.165, 1.54) is 11.8 Å². The summed E-state index contributed by atoms with van der Waals surface area (Å²) in [6.07, 6.45) is 2.29. The maximum absolute atomic E-state index is 12.6. The molecule has 6 nitrogen and oxygen atoms in total. The van der Waals surface area contributed by atoms with Gasteiger partial charge in [0.05, 0.1) is 17.1 Å². The highest BCUT2D eigenvalue weighted by molar-refractivity contribution is 7.99. The van der Waals surface area contributed by atoms with Gasteiger partial charge in [-0.2, -0.15) is 5.10 Å². The van der Waals surface area contributed by atoms with Crippen molar-refractivity contribution >= 4 is 17.5 Å². The highest BCUT2D eigenvalue weighted by Gasteiger charge is 2.61. The van der Waals surface area contributed by atoms with Gasteiger partial charge >= 0.3 is 0 Å². The first-order valence-electron chi connectivity index (χ1n) is 9.71. The molecule has 1 saturated carbocycles. The van der Waals surface area contributed by atoms with E-state index in [-0.39, 0.29) is 22.4 Å². The number of fused-ring (bicyclic) bond motifs is 6. The van der Waals surface area contributed by atoms with Crippen LogP contribution >= 0.6 is 11.8 Å². The molecule has 5 rings (SSSR count). The number of ether oxygens (including phenoxy) is 2. The molecule has 146 valence electrons. The van der Waals surface area contributed by atoms with Crippen LogP contribution in [0.25, 0.3) is 0 Å². The Labute approximate surface area is 168 Å². The van der Waals surface area contributed by atoms with Crippen LogP contribution in [0.4, 0.5) is 0 Å². The Morgan fingerprint density at radius 2 is 1.96 bits per heavy atom. The molecule has 0 spiro atoms. The smallest absolute Gasteiger partial charge is 0.209 e. The zero-order valence-corrected chi connectivity index (χ0v) is 17.1. The Bertz CT molecular complexity index is 977. The number of rotatable bonds is 4. The summed E-state index contributed by atoms with van der Waals surface area (Å²) in [7, 11) is 0. The molecule has 1 fully saturated rings. The van der Waals surface area contributed by atoms with Crippen molar-refractivity contribution in [3.63, 3.8) is 0 Å². The van der Waals surface area contributed by atoms with E-state index in [2.05, 4.69) is 31.0 Å². The zero-order chi connectivity index (χ0) is 19.5. The van der Waals surface area contributed by atoms with Gasteiger partial charge in [0.2, 0.25) is 5.16 Å². The van der Waals surface area contributed by atoms with Gasteiger partial charge in [0.25, 0.3) is 0 Å². The van der Waals surface area contributed by atoms with Crippen molar-refractivity contribution in [1.82, 2.24) is 15.2 Å². The van der Waals surface area contributed by atoms with Crippen molar-refractivity contribution in [2.75, 3.05) is 19.0 Å². The summed E-state index contributed by atoms with van der Waals surface area (Å²) in [5.41, 5.74) is 2.94. The Hall–Kier alpha value is -2.15. The van der Waals surface area contributed by atoms with E-state index < -0.39 is 0 Å². The average Bonchev–Trinajstić information content (AvgIpc) is 3.04. The quantitative estimate of drug-likeness (QED) is 0.574. The van der Waals surface area contributed by atoms with E-state index in [1.807, 2.05) is 0 Å². The number of hydrogen-bond acceptors (Lipinski definition) is 7. The molecular formula is C21H23N3O3S. The van der Waals surface area contributed by atoms with Crippen LogP contribution in [0.1, 0.15) is 61.3 Å². The van der Waals surface area contributed by atoms with Crippen LogP contribution in [-0.4, -0.2) is 39.9 Å². The van der Waals surface area contributed by atoms with Gasteiger partial charge in [0.1, 0.15) is 13.2 Å². The molecule has 2 aliphatic carbocycles. The normalized spacial score (nSPS) is 26.2. The van der Waals surface area contributed by atoms with Gasteiger partial charge in [0, 0.05) is 16.9 Å². The number of carbonyl (C=O) groups is 1. The third-order valence-corrected chi connectivity index (χ3v) is 7.81. The molecule has 0 amide bonds. The Kier molecular flexibility index (Phi) is 3.95. The van der Waals surface area contributed by atoms with E-state index in [1.54, 1.807) is 18.2 Å². The molecule has 2 aromatic rings. The molecule has 2 atom stereocenters. The van der Waals surface area contributed by atoms with Crippen molar-refractivity contribution in [3.8, 4) is 11.5 Å². The zero-order valence-electron chi connectivity index (χ0n) is 16.3. The molecule has 0 saturated heterocycles. The molecule has 3 aliphatic rings. The molecule has 2 heterocycles. The lowest BCUT2D eigenvalue weighted by Gasteiger charge is -2.33. The van der Waals surface area contributed by atoms with Crippen molar-refractivity contribution in [2.24, 2.45) is 5.41 Å². The van der Waals surface area contributed by atoms with Crippen LogP contribution in [0.3, 0.4) is 0 Å². The molecule has 2 bridgehead atoms. The van der Waals surface area contributed by atoms with Gasteiger partial charge < -0.3 is 9.47 Å². The number of Topliss-reactive ketones (excluding diaryl/α,β-unsaturated/α-hetero) is 1. The van der Waals surface area contributed by atoms with Gasteiger partial charge in [-0.15, -0.1) is 5.10 Å². The van der Waals surface area contributed by atoms with Crippen molar-refractivity contribution in [3.05, 3.63) is 35.2 Å². The summed E-state index contributed by atoms with van der Waals surface area (Å²) in [5, 5.41) is 9.39. The van der Waals surface area contributed by atoms with E-state index in [9.17, 15) is 4.79 Å². The third kappa shape index (κ3) is 2.48. The predicted molar refractivity (Wildman–Crippen MR) is 105 cm³/mol. The lowest BCUT2D eigenvalue weighted by molar-refractivity contribution is 0.102. The molecule has 1 aromatic carbocycles. The Morgan fingerprint density at radius 3 is 2.79 bits per heavy atom. The molecule has 2 unspecified atom stereocenters. The molecule has 0 N–H and O–H groups in total. The second kappa shape index (κ2) is 6.17. The minimum absolute atomic E-state index is 0.0131. The number of ketones is 1. The number of nitrogens with zero attached hydrogens (tertiary/aromatic N) is 3. The van der Waals surface area contributed by atoms with Gasteiger partial charge in [-0.25, -0.2) is 4.98 Å². The summed E-state index contributed by atoms with van der Waals surface area (Å²) in [6.45, 7) is 7.96. The highest BCUT2D eigenvalue weighted by Crippen LogP contribution is 2.66. The molecule has 1 aromatic heterocycles. The Balaban J connectivity index is 1.33. The van der Waals surface area contributed by atoms with E-state index >= 15 is 0 Å². The lowest BCUT2D eigenvalue weighted by atomic mass is 9.70. The second-order valence-corrected chi connectivity index (χ2v) is 9.49. The number of benzene rings is 1. The van der Waals surface area contributed by atoms with Gasteiger partial charge in [-0.3, -0.25) is 4.79 Å². The molecular weight excluding hydrogens is 374 g/mol. The van der Waals surface area contributed by atoms with Crippen LogP contribution in [-0.2, 0) is 5.41 Å². The average molecular weight is 398 g/mol. The molecule has 7 heteroatoms. The Morgan fingerprint density at radius 1 is 1.18 bits per heavy atom. The van der Waals surface area contributed by atoms with Crippen molar-refractivity contribution in [1.29, 1.82) is 0 Å². The predicted octanol–water partition coefficient (Wildman–Crippen LogP) is 3.79. The standard InChI is InChI=1S/C21H23N3O3S/c1-20(2)13-6-7-21(20,3)18-17(13)23-24-19(22-18)28-11-14(25)12-4-5-15-16(10-12)27-9-8-26-15/h4-5,10,13H,6-9,11H2,1-3H3. The number of carbonyl (C=O) groups excluding carboxylic acids is 1. The number of hydrogen-bond donors (Lipinski definition) is 0. The van der Waals surface area contributed by atoms with E-state index in [4.69, 9.17) is 14.5 Å². The number of thioether (sulfide) groups is 1. The fraction of sp³-hybridized carbons (Fsp3) is 0.524. The van der Waals surface area contributed by atoms with Crippen LogP contribution < -0.4 is 9.47 Å². The fourth-order valence-electron chi connectivity index (χ4n) is 4.85. The lowest BCUT2D eigenvalue weighted by Crippen LogP contribution is -2.32. The minimum atomic E-state index is 0.0131. The summed E-state index contributed by atoms with van der Waals surface area (Å²) < 4.78 is 11.1. The van der Waals surface area contributed by atoms with Crippen LogP contribution in [0.5, 0.6) is 11.5 Å². The summed E-state index contributed by atoms with van der Waals surface area (Å²) in [5.74, 6) is 2.03. The first-order chi connectivity index (χ1) is 13.4. The maximum Gasteiger partial charge on any atom is 0.209 e. The maximum atomic E-state index is 12.6. The summed E-state index contributed by atoms with van der Waals surface area (Å²) >= 11 is 1.35. The number of aromatic nitrogens is 3. The van der Waals surface area contributed by atoms with Gasteiger partial charge in [-0.05, 0) is 36.5 Å². The second-order valence-electron chi connectivity index (χ2n) is 8.54. The first kappa shape index (κ1) is 17.9. The van der Waals surface area contributed by atoms with Crippen molar-refractivity contribution in [2.45, 2.75) is 50.1 Å². The van der Waals surface area contributed by atoms with Gasteiger partial charge in [-0.1, -0.05) is 32.5 Å². The van der Waals surface area contributed by atoms with Gasteiger partial charge in [0.15, 0.2) is 17.3 Å². The van der Waals surface area contributed by atoms with Crippen molar-refractivity contribution < 1.29 is 14.3 Å². The van der Waals surface area contributed by atoms with E-state index in [0.717, 1.165) is 24.2 Å². The minimum Gasteiger partial charge on any atom is -0.486 e. The summed E-state index contributed by atoms with van der Waals surface area (Å²) in [4.78, 5) is 17.5. The molecule has 28 heavy (non-hydrogen) atoms.